The van der Waals surface area contributed by atoms with Crippen molar-refractivity contribution in [2.75, 3.05) is 26.3 Å². The largest absolute Gasteiger partial charge is 0.381 e. The molecule has 11 heteroatoms. The molecule has 7 nitrogen and oxygen atoms in total. The molecule has 0 saturated carbocycles. The van der Waals surface area contributed by atoms with Gasteiger partial charge in [-0.15, -0.1) is 0 Å². The van der Waals surface area contributed by atoms with Crippen molar-refractivity contribution in [2.45, 2.75) is 68.0 Å². The summed E-state index contributed by atoms with van der Waals surface area (Å²) in [5, 5.41) is 3.29. The highest BCUT2D eigenvalue weighted by Crippen LogP contribution is 2.36. The van der Waals surface area contributed by atoms with Crippen LogP contribution in [0.4, 0.5) is 13.2 Å². The van der Waals surface area contributed by atoms with E-state index in [1.54, 1.807) is 36.4 Å². The molecule has 2 aliphatic heterocycles. The molecule has 0 radical (unpaired) electrons. The normalized spacial score (nSPS) is 21.4. The molecule has 2 fully saturated rings. The van der Waals surface area contributed by atoms with E-state index in [-0.39, 0.29) is 35.5 Å². The predicted octanol–water partition coefficient (Wildman–Crippen LogP) is 4.74. The Kier molecular flexibility index (Phi) is 10.8. The van der Waals surface area contributed by atoms with E-state index in [0.29, 0.717) is 62.3 Å². The lowest BCUT2D eigenvalue weighted by atomic mass is 9.75. The Labute approximate surface area is 263 Å². The van der Waals surface area contributed by atoms with Gasteiger partial charge in [-0.05, 0) is 85.5 Å². The van der Waals surface area contributed by atoms with Gasteiger partial charge in [0, 0.05) is 56.8 Å². The summed E-state index contributed by atoms with van der Waals surface area (Å²) in [5.41, 5.74) is 7.68. The number of ether oxygens (including phenoxy) is 1. The number of nitrogens with one attached hydrogen (secondary N) is 1. The monoisotopic (exact) mass is 643 g/mol. The second-order valence-corrected chi connectivity index (χ2v) is 13.9. The fourth-order valence-corrected chi connectivity index (χ4v) is 8.72. The number of Topliss-reactive ketones (excluding diaryl/α,β-unsaturated/α-hetero) is 1. The minimum absolute atomic E-state index is 0.121. The highest BCUT2D eigenvalue weighted by molar-refractivity contribution is 7.89. The summed E-state index contributed by atoms with van der Waals surface area (Å²) in [5.74, 6) is -3.12. The molecule has 0 amide bonds. The topological polar surface area (TPSA) is 102 Å². The standard InChI is InChI=1S/C34H40F3N3O4S/c1-22-20-39-21-28(40(22)45(42,43)29-7-3-2-4-8-29)10-11-30-24(6-5-9-31(30)37)18-32(41)34(38)33(23-12-14-44-15-13-23)25-16-26(35)19-27(36)17-25/h2-9,16-17,19,22-23,28,33-34,39H,10-15,18,20-21,38H2,1H3/t22-,28+,33-,34-/m1/s1. The van der Waals surface area contributed by atoms with E-state index < -0.39 is 45.5 Å². The number of hydrogen-bond donors (Lipinski definition) is 2. The van der Waals surface area contributed by atoms with Crippen LogP contribution >= 0.6 is 0 Å². The summed E-state index contributed by atoms with van der Waals surface area (Å²) in [6.45, 7) is 3.65. The average Bonchev–Trinajstić information content (AvgIpc) is 3.01. The van der Waals surface area contributed by atoms with Crippen LogP contribution in [0.25, 0.3) is 0 Å². The van der Waals surface area contributed by atoms with Gasteiger partial charge in [-0.3, -0.25) is 4.79 Å². The van der Waals surface area contributed by atoms with Crippen molar-refractivity contribution in [1.29, 1.82) is 0 Å². The molecule has 45 heavy (non-hydrogen) atoms. The first kappa shape index (κ1) is 33.3. The number of nitrogens with zero attached hydrogens (tertiary/aromatic N) is 1. The second-order valence-electron chi connectivity index (χ2n) is 12.1. The van der Waals surface area contributed by atoms with Crippen LogP contribution in [-0.2, 0) is 32.4 Å². The van der Waals surface area contributed by atoms with Crippen molar-refractivity contribution in [2.24, 2.45) is 11.7 Å². The maximum atomic E-state index is 15.3. The van der Waals surface area contributed by atoms with Gasteiger partial charge in [0.2, 0.25) is 10.0 Å². The van der Waals surface area contributed by atoms with Crippen LogP contribution < -0.4 is 11.1 Å². The molecule has 2 saturated heterocycles. The van der Waals surface area contributed by atoms with E-state index in [1.807, 2.05) is 6.92 Å². The summed E-state index contributed by atoms with van der Waals surface area (Å²) in [7, 11) is -3.80. The van der Waals surface area contributed by atoms with Crippen molar-refractivity contribution in [3.05, 3.63) is 101 Å². The Morgan fingerprint density at radius 2 is 1.69 bits per heavy atom. The minimum atomic E-state index is -3.80. The molecule has 3 N–H and O–H groups in total. The lowest BCUT2D eigenvalue weighted by molar-refractivity contribution is -0.120. The SMILES string of the molecule is C[C@@H]1CNC[C@H](CCc2c(F)cccc2CC(=O)[C@@H](N)[C@@H](c2cc(F)cc(F)c2)C2CCOCC2)N1S(=O)(=O)c1ccccc1. The number of rotatable bonds is 11. The molecule has 242 valence electrons. The van der Waals surface area contributed by atoms with Gasteiger partial charge in [0.05, 0.1) is 10.9 Å². The van der Waals surface area contributed by atoms with Crippen molar-refractivity contribution in [1.82, 2.24) is 9.62 Å². The van der Waals surface area contributed by atoms with E-state index in [2.05, 4.69) is 5.32 Å². The molecular weight excluding hydrogens is 603 g/mol. The van der Waals surface area contributed by atoms with Crippen molar-refractivity contribution in [3.8, 4) is 0 Å². The first-order valence-corrected chi connectivity index (χ1v) is 16.9. The first-order chi connectivity index (χ1) is 21.6. The molecular formula is C34H40F3N3O4S. The summed E-state index contributed by atoms with van der Waals surface area (Å²) >= 11 is 0. The number of carbonyl (C=O) groups is 1. The van der Waals surface area contributed by atoms with Crippen molar-refractivity contribution in [3.63, 3.8) is 0 Å². The predicted molar refractivity (Wildman–Crippen MR) is 166 cm³/mol. The maximum absolute atomic E-state index is 15.3. The molecule has 0 bridgehead atoms. The molecule has 4 atom stereocenters. The van der Waals surface area contributed by atoms with Gasteiger partial charge in [-0.25, -0.2) is 21.6 Å². The highest BCUT2D eigenvalue weighted by Gasteiger charge is 2.38. The summed E-state index contributed by atoms with van der Waals surface area (Å²) in [6, 6.07) is 14.2. The number of sulfonamides is 1. The Balaban J connectivity index is 1.37. The summed E-state index contributed by atoms with van der Waals surface area (Å²) in [6.07, 6.45) is 1.53. The molecule has 0 aromatic heterocycles. The zero-order chi connectivity index (χ0) is 32.1. The van der Waals surface area contributed by atoms with Crippen LogP contribution in [0.2, 0.25) is 0 Å². The lowest BCUT2D eigenvalue weighted by Crippen LogP contribution is -2.58. The number of nitrogens with two attached hydrogens (primary N) is 1. The fraction of sp³-hybridized carbons (Fsp3) is 0.441. The van der Waals surface area contributed by atoms with E-state index >= 15 is 4.39 Å². The van der Waals surface area contributed by atoms with E-state index in [9.17, 15) is 22.0 Å². The number of piperazine rings is 1. The van der Waals surface area contributed by atoms with Gasteiger partial charge < -0.3 is 15.8 Å². The quantitative estimate of drug-likeness (QED) is 0.313. The second kappa shape index (κ2) is 14.6. The van der Waals surface area contributed by atoms with Crippen LogP contribution in [-0.4, -0.2) is 62.9 Å². The number of halogens is 3. The molecule has 0 spiro atoms. The Hall–Kier alpha value is -3.09. The van der Waals surface area contributed by atoms with E-state index in [1.165, 1.54) is 28.6 Å². The van der Waals surface area contributed by atoms with Gasteiger partial charge in [0.1, 0.15) is 17.5 Å². The smallest absolute Gasteiger partial charge is 0.243 e. The van der Waals surface area contributed by atoms with Crippen LogP contribution in [0.5, 0.6) is 0 Å². The van der Waals surface area contributed by atoms with Crippen molar-refractivity contribution < 1.29 is 31.1 Å². The van der Waals surface area contributed by atoms with E-state index in [4.69, 9.17) is 10.5 Å². The van der Waals surface area contributed by atoms with Gasteiger partial charge in [-0.2, -0.15) is 4.31 Å². The van der Waals surface area contributed by atoms with Gasteiger partial charge >= 0.3 is 0 Å². The first-order valence-electron chi connectivity index (χ1n) is 15.4. The fourth-order valence-electron chi connectivity index (χ4n) is 6.86. The average molecular weight is 644 g/mol. The Morgan fingerprint density at radius 3 is 2.38 bits per heavy atom. The maximum Gasteiger partial charge on any atom is 0.243 e. The van der Waals surface area contributed by atoms with Gasteiger partial charge in [0.15, 0.2) is 5.78 Å². The van der Waals surface area contributed by atoms with Crippen LogP contribution in [0.3, 0.4) is 0 Å². The zero-order valence-corrected chi connectivity index (χ0v) is 26.1. The van der Waals surface area contributed by atoms with Crippen LogP contribution in [0, 0.1) is 23.4 Å². The zero-order valence-electron chi connectivity index (χ0n) is 25.3. The summed E-state index contributed by atoms with van der Waals surface area (Å²) < 4.78 is 78.1. The number of hydrogen-bond acceptors (Lipinski definition) is 6. The third kappa shape index (κ3) is 7.66. The molecule has 0 aliphatic carbocycles. The molecule has 0 unspecified atom stereocenters. The highest BCUT2D eigenvalue weighted by atomic mass is 32.2. The molecule has 2 aliphatic rings. The molecule has 3 aromatic carbocycles. The number of carbonyl (C=O) groups excluding carboxylic acids is 1. The molecule has 3 aromatic rings. The number of benzene rings is 3. The van der Waals surface area contributed by atoms with E-state index in [0.717, 1.165) is 6.07 Å². The minimum Gasteiger partial charge on any atom is -0.381 e. The third-order valence-corrected chi connectivity index (χ3v) is 11.1. The summed E-state index contributed by atoms with van der Waals surface area (Å²) in [4.78, 5) is 13.9. The van der Waals surface area contributed by atoms with Crippen LogP contribution in [0.15, 0.2) is 71.6 Å². The van der Waals surface area contributed by atoms with Crippen LogP contribution in [0.1, 0.15) is 48.8 Å². The molecule has 2 heterocycles. The van der Waals surface area contributed by atoms with Crippen molar-refractivity contribution >= 4 is 15.8 Å². The lowest BCUT2D eigenvalue weighted by Gasteiger charge is -2.40. The molecule has 5 rings (SSSR count). The number of ketones is 1. The van der Waals surface area contributed by atoms with Gasteiger partial charge in [0.25, 0.3) is 0 Å². The van der Waals surface area contributed by atoms with Gasteiger partial charge in [-0.1, -0.05) is 30.3 Å². The third-order valence-electron chi connectivity index (χ3n) is 9.04. The Morgan fingerprint density at radius 1 is 1.00 bits per heavy atom. The Bertz CT molecular complexity index is 1560.